The molecule has 5 nitrogen and oxygen atoms in total. The molecule has 2 rings (SSSR count). The van der Waals surface area contributed by atoms with Crippen LogP contribution in [0.2, 0.25) is 15.1 Å². The highest BCUT2D eigenvalue weighted by Crippen LogP contribution is 2.23. The summed E-state index contributed by atoms with van der Waals surface area (Å²) in [5.74, 6) is -0.121. The van der Waals surface area contributed by atoms with Gasteiger partial charge in [-0.1, -0.05) is 40.9 Å². The van der Waals surface area contributed by atoms with Gasteiger partial charge in [0.05, 0.1) is 0 Å². The Morgan fingerprint density at radius 1 is 1.03 bits per heavy atom. The Hall–Kier alpha value is -1.95. The van der Waals surface area contributed by atoms with Crippen LogP contribution in [0.15, 0.2) is 42.5 Å². The summed E-state index contributed by atoms with van der Waals surface area (Å²) in [6.07, 6.45) is 0. The lowest BCUT2D eigenvalue weighted by atomic mass is 10.1. The summed E-state index contributed by atoms with van der Waals surface area (Å²) in [5.41, 5.74) is 0.244. The van der Waals surface area contributed by atoms with Crippen LogP contribution in [0.1, 0.15) is 33.3 Å². The fourth-order valence-electron chi connectivity index (χ4n) is 2.65. The smallest absolute Gasteiger partial charge is 0.261 e. The molecular formula is C22H25Cl3N2O3. The van der Waals surface area contributed by atoms with Gasteiger partial charge in [-0.2, -0.15) is 0 Å². The first-order valence-electron chi connectivity index (χ1n) is 9.40. The minimum absolute atomic E-state index is 0.136. The molecule has 0 spiro atoms. The maximum absolute atomic E-state index is 13.0. The number of hydrogen-bond acceptors (Lipinski definition) is 3. The van der Waals surface area contributed by atoms with Crippen molar-refractivity contribution < 1.29 is 14.3 Å². The van der Waals surface area contributed by atoms with E-state index in [1.165, 1.54) is 4.90 Å². The van der Waals surface area contributed by atoms with E-state index in [4.69, 9.17) is 39.5 Å². The zero-order valence-corrected chi connectivity index (χ0v) is 19.6. The third-order valence-corrected chi connectivity index (χ3v) is 5.04. The number of benzene rings is 2. The molecule has 0 saturated carbocycles. The van der Waals surface area contributed by atoms with Crippen molar-refractivity contribution >= 4 is 46.6 Å². The molecule has 2 amide bonds. The summed E-state index contributed by atoms with van der Waals surface area (Å²) in [7, 11) is 0. The number of carbonyl (C=O) groups is 2. The van der Waals surface area contributed by atoms with E-state index in [1.54, 1.807) is 49.4 Å². The molecule has 2 aromatic carbocycles. The van der Waals surface area contributed by atoms with Gasteiger partial charge in [-0.15, -0.1) is 0 Å². The SMILES string of the molecule is CC(C(=O)NC(C)(C)C)N(Cc1ccc(Cl)cc1Cl)C(=O)COc1ccc(Cl)cc1. The Kier molecular flexibility index (Phi) is 8.42. The molecule has 0 heterocycles. The van der Waals surface area contributed by atoms with Crippen LogP contribution >= 0.6 is 34.8 Å². The summed E-state index contributed by atoms with van der Waals surface area (Å²) in [6, 6.07) is 11.0. The minimum atomic E-state index is -0.739. The van der Waals surface area contributed by atoms with Crippen LogP contribution in [0.3, 0.4) is 0 Å². The van der Waals surface area contributed by atoms with E-state index >= 15 is 0 Å². The Labute approximate surface area is 192 Å². The molecule has 0 aliphatic heterocycles. The predicted molar refractivity (Wildman–Crippen MR) is 121 cm³/mol. The first-order chi connectivity index (χ1) is 14.0. The van der Waals surface area contributed by atoms with Crippen LogP contribution in [0.25, 0.3) is 0 Å². The number of nitrogens with zero attached hydrogens (tertiary/aromatic N) is 1. The van der Waals surface area contributed by atoms with Gasteiger partial charge in [-0.3, -0.25) is 9.59 Å². The third-order valence-electron chi connectivity index (χ3n) is 4.20. The normalized spacial score (nSPS) is 12.2. The zero-order valence-electron chi connectivity index (χ0n) is 17.3. The van der Waals surface area contributed by atoms with Gasteiger partial charge in [0.15, 0.2) is 6.61 Å². The molecule has 0 bridgehead atoms. The lowest BCUT2D eigenvalue weighted by molar-refractivity contribution is -0.142. The zero-order chi connectivity index (χ0) is 22.5. The largest absolute Gasteiger partial charge is 0.484 e. The molecular weight excluding hydrogens is 447 g/mol. The number of halogens is 3. The maximum atomic E-state index is 13.0. The monoisotopic (exact) mass is 470 g/mol. The number of rotatable bonds is 7. The molecule has 1 atom stereocenters. The van der Waals surface area contributed by atoms with Crippen molar-refractivity contribution in [3.05, 3.63) is 63.1 Å². The molecule has 0 aliphatic rings. The van der Waals surface area contributed by atoms with Crippen molar-refractivity contribution in [2.24, 2.45) is 0 Å². The number of nitrogens with one attached hydrogen (secondary N) is 1. The van der Waals surface area contributed by atoms with Crippen molar-refractivity contribution in [1.29, 1.82) is 0 Å². The maximum Gasteiger partial charge on any atom is 0.261 e. The van der Waals surface area contributed by atoms with Gasteiger partial charge in [0.2, 0.25) is 5.91 Å². The molecule has 0 aliphatic carbocycles. The Bertz CT molecular complexity index is 895. The van der Waals surface area contributed by atoms with Gasteiger partial charge in [-0.25, -0.2) is 0 Å². The van der Waals surface area contributed by atoms with E-state index in [-0.39, 0.29) is 25.0 Å². The van der Waals surface area contributed by atoms with Crippen molar-refractivity contribution in [3.8, 4) is 5.75 Å². The molecule has 1 N–H and O–H groups in total. The van der Waals surface area contributed by atoms with Crippen LogP contribution in [-0.2, 0) is 16.1 Å². The second-order valence-corrected chi connectivity index (χ2v) is 9.20. The van der Waals surface area contributed by atoms with Crippen molar-refractivity contribution in [1.82, 2.24) is 10.2 Å². The number of ether oxygens (including phenoxy) is 1. The summed E-state index contributed by atoms with van der Waals surface area (Å²) in [5, 5.41) is 4.38. The van der Waals surface area contributed by atoms with Gasteiger partial charge in [0, 0.05) is 27.2 Å². The van der Waals surface area contributed by atoms with Crippen LogP contribution in [-0.4, -0.2) is 34.9 Å². The molecule has 2 aromatic rings. The van der Waals surface area contributed by atoms with Gasteiger partial charge in [0.25, 0.3) is 5.91 Å². The Morgan fingerprint density at radius 3 is 2.20 bits per heavy atom. The van der Waals surface area contributed by atoms with Crippen molar-refractivity contribution in [2.75, 3.05) is 6.61 Å². The predicted octanol–water partition coefficient (Wildman–Crippen LogP) is 5.36. The topological polar surface area (TPSA) is 58.6 Å². The van der Waals surface area contributed by atoms with Crippen LogP contribution in [0.5, 0.6) is 5.75 Å². The lowest BCUT2D eigenvalue weighted by Gasteiger charge is -2.31. The van der Waals surface area contributed by atoms with Gasteiger partial charge in [0.1, 0.15) is 11.8 Å². The average molecular weight is 472 g/mol. The van der Waals surface area contributed by atoms with Crippen LogP contribution in [0, 0.1) is 0 Å². The lowest BCUT2D eigenvalue weighted by Crippen LogP contribution is -2.53. The van der Waals surface area contributed by atoms with Gasteiger partial charge < -0.3 is 15.0 Å². The standard InChI is InChI=1S/C22H25Cl3N2O3/c1-14(21(29)26-22(2,3)4)27(12-15-5-6-17(24)11-19(15)25)20(28)13-30-18-9-7-16(23)8-10-18/h5-11,14H,12-13H2,1-4H3,(H,26,29). The second-order valence-electron chi connectivity index (χ2n) is 7.92. The van der Waals surface area contributed by atoms with E-state index in [2.05, 4.69) is 5.32 Å². The molecule has 30 heavy (non-hydrogen) atoms. The highest BCUT2D eigenvalue weighted by Gasteiger charge is 2.29. The molecule has 8 heteroatoms. The van der Waals surface area contributed by atoms with E-state index in [1.807, 2.05) is 20.8 Å². The van der Waals surface area contributed by atoms with E-state index < -0.39 is 11.6 Å². The molecule has 1 unspecified atom stereocenters. The second kappa shape index (κ2) is 10.4. The highest BCUT2D eigenvalue weighted by atomic mass is 35.5. The van der Waals surface area contributed by atoms with E-state index in [9.17, 15) is 9.59 Å². The molecule has 0 saturated heterocycles. The van der Waals surface area contributed by atoms with E-state index in [0.29, 0.717) is 26.4 Å². The number of amides is 2. The average Bonchev–Trinajstić information content (AvgIpc) is 2.65. The number of carbonyl (C=O) groups excluding carboxylic acids is 2. The first-order valence-corrected chi connectivity index (χ1v) is 10.5. The molecule has 0 aromatic heterocycles. The first kappa shape index (κ1) is 24.3. The number of hydrogen-bond donors (Lipinski definition) is 1. The van der Waals surface area contributed by atoms with Crippen LogP contribution in [0.4, 0.5) is 0 Å². The Balaban J connectivity index is 2.21. The Morgan fingerprint density at radius 2 is 1.63 bits per heavy atom. The van der Waals surface area contributed by atoms with Crippen molar-refractivity contribution in [2.45, 2.75) is 45.8 Å². The fourth-order valence-corrected chi connectivity index (χ4v) is 3.24. The summed E-state index contributed by atoms with van der Waals surface area (Å²) in [4.78, 5) is 27.2. The molecule has 0 fully saturated rings. The fraction of sp³-hybridized carbons (Fsp3) is 0.364. The summed E-state index contributed by atoms with van der Waals surface area (Å²) < 4.78 is 5.59. The molecule has 0 radical (unpaired) electrons. The highest BCUT2D eigenvalue weighted by molar-refractivity contribution is 6.35. The summed E-state index contributed by atoms with van der Waals surface area (Å²) in [6.45, 7) is 7.21. The van der Waals surface area contributed by atoms with Crippen molar-refractivity contribution in [3.63, 3.8) is 0 Å². The van der Waals surface area contributed by atoms with E-state index in [0.717, 1.165) is 0 Å². The van der Waals surface area contributed by atoms with Gasteiger partial charge in [-0.05, 0) is 69.7 Å². The molecule has 162 valence electrons. The van der Waals surface area contributed by atoms with Crippen LogP contribution < -0.4 is 10.1 Å². The third kappa shape index (κ3) is 7.38. The van der Waals surface area contributed by atoms with Gasteiger partial charge >= 0.3 is 0 Å². The summed E-state index contributed by atoms with van der Waals surface area (Å²) >= 11 is 18.1. The quantitative estimate of drug-likeness (QED) is 0.591. The minimum Gasteiger partial charge on any atom is -0.484 e.